The summed E-state index contributed by atoms with van der Waals surface area (Å²) in [6.45, 7) is 2.12. The Morgan fingerprint density at radius 3 is 1.53 bits per heavy atom. The van der Waals surface area contributed by atoms with Gasteiger partial charge in [0.2, 0.25) is 0 Å². The lowest BCUT2D eigenvalue weighted by Gasteiger charge is -2.26. The highest BCUT2D eigenvalue weighted by Crippen LogP contribution is 2.38. The summed E-state index contributed by atoms with van der Waals surface area (Å²) in [5, 5.41) is 18.2. The number of aliphatic hydroxyl groups is 2. The van der Waals surface area contributed by atoms with Crippen LogP contribution in [0.15, 0.2) is 24.3 Å². The zero-order chi connectivity index (χ0) is 37.7. The van der Waals surface area contributed by atoms with Crippen LogP contribution in [-0.2, 0) is 32.7 Å². The molecular formula is C40H74O10P-. The third-order valence-corrected chi connectivity index (χ3v) is 9.53. The summed E-state index contributed by atoms with van der Waals surface area (Å²) >= 11 is 0. The van der Waals surface area contributed by atoms with E-state index < -0.39 is 51.8 Å². The predicted octanol–water partition coefficient (Wildman–Crippen LogP) is 9.59. The van der Waals surface area contributed by atoms with E-state index in [1.807, 2.05) is 6.08 Å². The number of aliphatic hydroxyl groups excluding tert-OH is 2. The van der Waals surface area contributed by atoms with Crippen molar-refractivity contribution in [2.75, 3.05) is 26.4 Å². The molecule has 0 saturated carbocycles. The molecule has 0 aromatic carbocycles. The van der Waals surface area contributed by atoms with Crippen LogP contribution in [0, 0.1) is 0 Å². The van der Waals surface area contributed by atoms with E-state index in [1.54, 1.807) is 6.08 Å². The minimum absolute atomic E-state index is 0.00858. The monoisotopic (exact) mass is 746 g/mol. The Morgan fingerprint density at radius 2 is 1.04 bits per heavy atom. The van der Waals surface area contributed by atoms with Crippen LogP contribution in [-0.4, -0.2) is 60.8 Å². The number of rotatable bonds is 38. The number of hydrogen-bond acceptors (Lipinski definition) is 10. The summed E-state index contributed by atoms with van der Waals surface area (Å²) in [4.78, 5) is 36.9. The summed E-state index contributed by atoms with van der Waals surface area (Å²) in [5.74, 6) is -1.06. The van der Waals surface area contributed by atoms with Crippen LogP contribution >= 0.6 is 7.82 Å². The van der Waals surface area contributed by atoms with Crippen LogP contribution in [0.25, 0.3) is 0 Å². The van der Waals surface area contributed by atoms with E-state index in [4.69, 9.17) is 19.1 Å². The Bertz CT molecular complexity index is 910. The van der Waals surface area contributed by atoms with Crippen LogP contribution < -0.4 is 4.89 Å². The molecule has 11 heteroatoms. The van der Waals surface area contributed by atoms with Gasteiger partial charge in [-0.15, -0.1) is 0 Å². The third-order valence-electron chi connectivity index (χ3n) is 8.60. The van der Waals surface area contributed by atoms with Gasteiger partial charge >= 0.3 is 11.9 Å². The molecule has 3 atom stereocenters. The summed E-state index contributed by atoms with van der Waals surface area (Å²) in [5.41, 5.74) is 0. The van der Waals surface area contributed by atoms with Crippen LogP contribution in [0.1, 0.15) is 181 Å². The minimum Gasteiger partial charge on any atom is -0.756 e. The van der Waals surface area contributed by atoms with Gasteiger partial charge in [-0.25, -0.2) is 0 Å². The number of allylic oxidation sites excluding steroid dienone is 3. The van der Waals surface area contributed by atoms with Crippen molar-refractivity contribution in [3.8, 4) is 0 Å². The van der Waals surface area contributed by atoms with Gasteiger partial charge in [-0.2, -0.15) is 0 Å². The molecule has 0 aliphatic carbocycles. The number of ether oxygens (including phenoxy) is 2. The second-order valence-corrected chi connectivity index (χ2v) is 15.1. The molecule has 0 aromatic rings. The van der Waals surface area contributed by atoms with Gasteiger partial charge in [0.1, 0.15) is 12.7 Å². The first-order valence-corrected chi connectivity index (χ1v) is 21.7. The topological polar surface area (TPSA) is 152 Å². The maximum Gasteiger partial charge on any atom is 0.310 e. The SMILES string of the molecule is CCCCCCCC/C=C\CCCCCCCC(=O)OC[C@H](COP(=O)([O-])OC[C@@H](O)CO)OC(=O)C/C=C/CCCCCCCCCCCC. The average Bonchev–Trinajstić information content (AvgIpc) is 3.12. The van der Waals surface area contributed by atoms with E-state index in [0.29, 0.717) is 6.42 Å². The summed E-state index contributed by atoms with van der Waals surface area (Å²) in [7, 11) is -4.87. The lowest BCUT2D eigenvalue weighted by molar-refractivity contribution is -0.230. The van der Waals surface area contributed by atoms with Crippen molar-refractivity contribution in [2.24, 2.45) is 0 Å². The Morgan fingerprint density at radius 1 is 0.608 bits per heavy atom. The Labute approximate surface area is 310 Å². The van der Waals surface area contributed by atoms with Crippen molar-refractivity contribution in [1.82, 2.24) is 0 Å². The molecule has 0 amide bonds. The fourth-order valence-electron chi connectivity index (χ4n) is 5.44. The van der Waals surface area contributed by atoms with E-state index in [-0.39, 0.29) is 19.4 Å². The van der Waals surface area contributed by atoms with Crippen molar-refractivity contribution < 1.29 is 47.8 Å². The van der Waals surface area contributed by atoms with Gasteiger partial charge in [0.05, 0.1) is 26.2 Å². The molecule has 0 aliphatic rings. The first kappa shape index (κ1) is 49.5. The van der Waals surface area contributed by atoms with E-state index in [0.717, 1.165) is 57.8 Å². The van der Waals surface area contributed by atoms with Gasteiger partial charge in [0.25, 0.3) is 7.82 Å². The predicted molar refractivity (Wildman–Crippen MR) is 203 cm³/mol. The molecule has 0 saturated heterocycles. The van der Waals surface area contributed by atoms with Gasteiger partial charge in [0.15, 0.2) is 6.10 Å². The first-order chi connectivity index (χ1) is 24.7. The van der Waals surface area contributed by atoms with Crippen LogP contribution in [0.2, 0.25) is 0 Å². The van der Waals surface area contributed by atoms with Gasteiger partial charge in [0, 0.05) is 6.42 Å². The summed E-state index contributed by atoms with van der Waals surface area (Å²) in [6, 6.07) is 0. The Balaban J connectivity index is 4.38. The van der Waals surface area contributed by atoms with Crippen molar-refractivity contribution in [3.05, 3.63) is 24.3 Å². The lowest BCUT2D eigenvalue weighted by atomic mass is 10.1. The highest BCUT2D eigenvalue weighted by molar-refractivity contribution is 7.45. The molecule has 1 unspecified atom stereocenters. The molecular weight excluding hydrogens is 671 g/mol. The summed E-state index contributed by atoms with van der Waals surface area (Å²) < 4.78 is 32.1. The van der Waals surface area contributed by atoms with Crippen LogP contribution in [0.4, 0.5) is 0 Å². The minimum atomic E-state index is -4.87. The molecule has 0 radical (unpaired) electrons. The molecule has 0 bridgehead atoms. The second kappa shape index (κ2) is 36.8. The fourth-order valence-corrected chi connectivity index (χ4v) is 6.22. The van der Waals surface area contributed by atoms with Crippen molar-refractivity contribution in [1.29, 1.82) is 0 Å². The summed E-state index contributed by atoms with van der Waals surface area (Å²) in [6.07, 6.45) is 34.3. The van der Waals surface area contributed by atoms with E-state index in [2.05, 4.69) is 30.5 Å². The molecule has 0 heterocycles. The fraction of sp³-hybridized carbons (Fsp3) is 0.850. The number of phosphoric ester groups is 1. The normalized spacial score (nSPS) is 14.2. The highest BCUT2D eigenvalue weighted by Gasteiger charge is 2.21. The number of esters is 2. The largest absolute Gasteiger partial charge is 0.756 e. The Kier molecular flexibility index (Phi) is 35.7. The van der Waals surface area contributed by atoms with E-state index >= 15 is 0 Å². The molecule has 0 spiro atoms. The maximum absolute atomic E-state index is 12.5. The van der Waals surface area contributed by atoms with E-state index in [9.17, 15) is 24.2 Å². The van der Waals surface area contributed by atoms with Crippen molar-refractivity contribution >= 4 is 19.8 Å². The second-order valence-electron chi connectivity index (χ2n) is 13.7. The molecule has 0 aromatic heterocycles. The highest BCUT2D eigenvalue weighted by atomic mass is 31.2. The van der Waals surface area contributed by atoms with Gasteiger partial charge < -0.3 is 33.6 Å². The van der Waals surface area contributed by atoms with Crippen molar-refractivity contribution in [2.45, 2.75) is 193 Å². The quantitative estimate of drug-likeness (QED) is 0.0271. The molecule has 0 rings (SSSR count). The Hall–Kier alpha value is -1.55. The zero-order valence-electron chi connectivity index (χ0n) is 32.3. The zero-order valence-corrected chi connectivity index (χ0v) is 33.2. The molecule has 10 nitrogen and oxygen atoms in total. The number of carbonyl (C=O) groups is 2. The smallest absolute Gasteiger partial charge is 0.310 e. The van der Waals surface area contributed by atoms with Gasteiger partial charge in [-0.1, -0.05) is 147 Å². The molecule has 51 heavy (non-hydrogen) atoms. The van der Waals surface area contributed by atoms with Crippen LogP contribution in [0.5, 0.6) is 0 Å². The average molecular weight is 746 g/mol. The van der Waals surface area contributed by atoms with Gasteiger partial charge in [-0.05, 0) is 44.9 Å². The first-order valence-electron chi connectivity index (χ1n) is 20.3. The van der Waals surface area contributed by atoms with Gasteiger partial charge in [-0.3, -0.25) is 14.2 Å². The van der Waals surface area contributed by atoms with Crippen LogP contribution in [0.3, 0.4) is 0 Å². The molecule has 2 N–H and O–H groups in total. The molecule has 0 fully saturated rings. The van der Waals surface area contributed by atoms with Crippen molar-refractivity contribution in [3.63, 3.8) is 0 Å². The number of hydrogen-bond donors (Lipinski definition) is 2. The van der Waals surface area contributed by atoms with E-state index in [1.165, 1.54) is 89.9 Å². The number of unbranched alkanes of at least 4 members (excludes halogenated alkanes) is 21. The maximum atomic E-state index is 12.5. The third kappa shape index (κ3) is 36.6. The molecule has 300 valence electrons. The lowest BCUT2D eigenvalue weighted by Crippen LogP contribution is -2.30. The number of carbonyl (C=O) groups excluding carboxylic acids is 2. The molecule has 0 aliphatic heterocycles. The number of phosphoric acid groups is 1. The standard InChI is InChI=1S/C40H75O10P/c1-3-5-7-9-11-13-15-17-18-20-21-23-25-27-29-31-39(43)47-35-38(36-49-51(45,46)48-34-37(42)33-41)50-40(44)32-30-28-26-24-22-19-16-14-12-10-8-6-4-2/h17-18,28,30,37-38,41-42H,3-16,19-27,29,31-36H2,1-2H3,(H,45,46)/p-1/b18-17-,30-28+/t37-,38+/m0/s1.